The first-order chi connectivity index (χ1) is 22.1. The van der Waals surface area contributed by atoms with E-state index in [9.17, 15) is 0 Å². The molecule has 0 saturated heterocycles. The molecule has 0 atom stereocenters. The molecule has 0 aliphatic heterocycles. The number of nitrogens with zero attached hydrogens (tertiary/aromatic N) is 2. The van der Waals surface area contributed by atoms with Gasteiger partial charge in [0.25, 0.3) is 0 Å². The molecule has 0 radical (unpaired) electrons. The van der Waals surface area contributed by atoms with Gasteiger partial charge in [-0.05, 0) is 75.8 Å². The summed E-state index contributed by atoms with van der Waals surface area (Å²) in [6.45, 7) is 4.67. The van der Waals surface area contributed by atoms with Crippen molar-refractivity contribution in [2.45, 2.75) is 19.3 Å². The van der Waals surface area contributed by atoms with Gasteiger partial charge in [0.1, 0.15) is 0 Å². The van der Waals surface area contributed by atoms with Gasteiger partial charge in [-0.1, -0.05) is 111 Å². The maximum Gasteiger partial charge on any atom is 0.0895 e. The van der Waals surface area contributed by atoms with Gasteiger partial charge in [0.15, 0.2) is 0 Å². The topological polar surface area (TPSA) is 16.1 Å². The van der Waals surface area contributed by atoms with Crippen LogP contribution in [-0.2, 0) is 5.41 Å². The van der Waals surface area contributed by atoms with E-state index in [1.807, 2.05) is 17.5 Å². The quantitative estimate of drug-likeness (QED) is 0.201. The van der Waals surface area contributed by atoms with Crippen LogP contribution in [-0.4, -0.2) is 4.98 Å². The van der Waals surface area contributed by atoms with Gasteiger partial charge in [0, 0.05) is 49.5 Å². The van der Waals surface area contributed by atoms with Gasteiger partial charge in [-0.15, -0.1) is 11.3 Å². The molecule has 0 bridgehead atoms. The van der Waals surface area contributed by atoms with Gasteiger partial charge in [-0.2, -0.15) is 0 Å². The van der Waals surface area contributed by atoms with Crippen LogP contribution in [0.1, 0.15) is 25.0 Å². The molecule has 2 aromatic heterocycles. The fraction of sp³-hybridized carbons (Fsp3) is 0.0714. The van der Waals surface area contributed by atoms with E-state index in [0.29, 0.717) is 0 Å². The summed E-state index contributed by atoms with van der Waals surface area (Å²) in [7, 11) is 0. The van der Waals surface area contributed by atoms with Crippen molar-refractivity contribution >= 4 is 59.5 Å². The fourth-order valence-corrected chi connectivity index (χ4v) is 8.38. The largest absolute Gasteiger partial charge is 0.310 e. The van der Waals surface area contributed by atoms with Crippen LogP contribution in [0.25, 0.3) is 53.3 Å². The minimum Gasteiger partial charge on any atom is -0.310 e. The summed E-state index contributed by atoms with van der Waals surface area (Å²) in [5.41, 5.74) is 12.3. The molecular formula is C42H30N2S. The molecular weight excluding hydrogens is 565 g/mol. The molecule has 2 nitrogen and oxygen atoms in total. The molecule has 8 aromatic rings. The zero-order valence-electron chi connectivity index (χ0n) is 25.2. The van der Waals surface area contributed by atoms with Crippen molar-refractivity contribution in [1.82, 2.24) is 4.98 Å². The Hall–Kier alpha value is -5.25. The highest BCUT2D eigenvalue weighted by Crippen LogP contribution is 2.51. The molecule has 0 fully saturated rings. The Kier molecular flexibility index (Phi) is 5.75. The Balaban J connectivity index is 1.24. The molecule has 1 aliphatic carbocycles. The predicted molar refractivity (Wildman–Crippen MR) is 192 cm³/mol. The minimum absolute atomic E-state index is 0.0322. The molecule has 6 aromatic carbocycles. The molecule has 45 heavy (non-hydrogen) atoms. The van der Waals surface area contributed by atoms with E-state index in [1.165, 1.54) is 58.9 Å². The van der Waals surface area contributed by atoms with E-state index in [1.54, 1.807) is 0 Å². The summed E-state index contributed by atoms with van der Waals surface area (Å²) < 4.78 is 2.50. The molecule has 0 spiro atoms. The normalized spacial score (nSPS) is 13.3. The van der Waals surface area contributed by atoms with E-state index in [2.05, 4.69) is 158 Å². The summed E-state index contributed by atoms with van der Waals surface area (Å²) in [6.07, 6.45) is 2.01. The van der Waals surface area contributed by atoms with Crippen molar-refractivity contribution in [1.29, 1.82) is 0 Å². The van der Waals surface area contributed by atoms with E-state index in [-0.39, 0.29) is 5.41 Å². The average molecular weight is 595 g/mol. The van der Waals surface area contributed by atoms with Gasteiger partial charge in [0.05, 0.1) is 10.2 Å². The summed E-state index contributed by atoms with van der Waals surface area (Å²) in [6, 6.07) is 50.8. The van der Waals surface area contributed by atoms with Crippen LogP contribution in [0.5, 0.6) is 0 Å². The van der Waals surface area contributed by atoms with Gasteiger partial charge in [-0.3, -0.25) is 4.98 Å². The van der Waals surface area contributed by atoms with Crippen LogP contribution >= 0.6 is 11.3 Å². The molecule has 214 valence electrons. The molecule has 0 N–H and O–H groups in total. The number of benzene rings is 6. The Labute approximate surface area is 266 Å². The number of thiophene rings is 1. The lowest BCUT2D eigenvalue weighted by molar-refractivity contribution is 0.660. The number of hydrogen-bond acceptors (Lipinski definition) is 3. The highest BCUT2D eigenvalue weighted by atomic mass is 32.1. The second-order valence-corrected chi connectivity index (χ2v) is 13.5. The standard InChI is InChI=1S/C42H30N2S/c1-42(2)37-15-9-8-14-34(37)35-24-31(20-22-38(35)42)44(30-18-16-28(17-19-30)27-10-4-3-5-11-27)32-21-23-39-36(25-32)40-41(45-39)33-13-7-6-12-29(33)26-43-40/h3-26H,1-2H3. The van der Waals surface area contributed by atoms with Crippen molar-refractivity contribution in [2.75, 3.05) is 4.90 Å². The highest BCUT2D eigenvalue weighted by Gasteiger charge is 2.35. The fourth-order valence-electron chi connectivity index (χ4n) is 7.20. The number of hydrogen-bond donors (Lipinski definition) is 0. The van der Waals surface area contributed by atoms with Crippen LogP contribution < -0.4 is 4.90 Å². The molecule has 1 aliphatic rings. The van der Waals surface area contributed by atoms with Gasteiger partial charge in [-0.25, -0.2) is 0 Å². The minimum atomic E-state index is -0.0322. The van der Waals surface area contributed by atoms with E-state index in [4.69, 9.17) is 4.98 Å². The number of aromatic nitrogens is 1. The predicted octanol–water partition coefficient (Wildman–Crippen LogP) is 12.0. The maximum absolute atomic E-state index is 4.97. The van der Waals surface area contributed by atoms with Crippen molar-refractivity contribution < 1.29 is 0 Å². The molecule has 0 saturated carbocycles. The number of rotatable bonds is 4. The maximum atomic E-state index is 4.97. The first kappa shape index (κ1) is 26.2. The third-order valence-electron chi connectivity index (χ3n) is 9.50. The zero-order chi connectivity index (χ0) is 30.1. The number of fused-ring (bicyclic) bond motifs is 8. The summed E-state index contributed by atoms with van der Waals surface area (Å²) in [5, 5.41) is 3.63. The van der Waals surface area contributed by atoms with Crippen LogP contribution in [0.3, 0.4) is 0 Å². The van der Waals surface area contributed by atoms with Crippen molar-refractivity contribution in [2.24, 2.45) is 0 Å². The number of anilines is 3. The molecule has 0 unspecified atom stereocenters. The van der Waals surface area contributed by atoms with Crippen LogP contribution in [0, 0.1) is 0 Å². The van der Waals surface area contributed by atoms with Gasteiger partial charge in [0.2, 0.25) is 0 Å². The third kappa shape index (κ3) is 4.04. The summed E-state index contributed by atoms with van der Waals surface area (Å²) in [4.78, 5) is 7.36. The van der Waals surface area contributed by atoms with Gasteiger partial charge < -0.3 is 4.90 Å². The lowest BCUT2D eigenvalue weighted by Gasteiger charge is -2.27. The average Bonchev–Trinajstić information content (AvgIpc) is 3.58. The van der Waals surface area contributed by atoms with Gasteiger partial charge >= 0.3 is 0 Å². The van der Waals surface area contributed by atoms with Crippen molar-refractivity contribution in [3.05, 3.63) is 157 Å². The monoisotopic (exact) mass is 594 g/mol. The zero-order valence-corrected chi connectivity index (χ0v) is 26.0. The smallest absolute Gasteiger partial charge is 0.0895 e. The summed E-state index contributed by atoms with van der Waals surface area (Å²) >= 11 is 1.83. The van der Waals surface area contributed by atoms with Crippen molar-refractivity contribution in [3.63, 3.8) is 0 Å². The van der Waals surface area contributed by atoms with E-state index in [0.717, 1.165) is 22.6 Å². The number of pyridine rings is 1. The highest BCUT2D eigenvalue weighted by molar-refractivity contribution is 7.26. The first-order valence-corrected chi connectivity index (χ1v) is 16.3. The third-order valence-corrected chi connectivity index (χ3v) is 10.7. The molecule has 0 amide bonds. The van der Waals surface area contributed by atoms with Crippen LogP contribution in [0.4, 0.5) is 17.1 Å². The van der Waals surface area contributed by atoms with Crippen LogP contribution in [0.15, 0.2) is 146 Å². The summed E-state index contributed by atoms with van der Waals surface area (Å²) in [5.74, 6) is 0. The first-order valence-electron chi connectivity index (χ1n) is 15.5. The van der Waals surface area contributed by atoms with Crippen LogP contribution in [0.2, 0.25) is 0 Å². The van der Waals surface area contributed by atoms with Crippen molar-refractivity contribution in [3.8, 4) is 22.3 Å². The van der Waals surface area contributed by atoms with E-state index < -0.39 is 0 Å². The lowest BCUT2D eigenvalue weighted by Crippen LogP contribution is -2.15. The molecule has 9 rings (SSSR count). The second kappa shape index (κ2) is 9.88. The molecule has 2 heterocycles. The Morgan fingerprint density at radius 3 is 2.09 bits per heavy atom. The Morgan fingerprint density at radius 1 is 0.556 bits per heavy atom. The Morgan fingerprint density at radius 2 is 1.22 bits per heavy atom. The lowest BCUT2D eigenvalue weighted by atomic mass is 9.82. The second-order valence-electron chi connectivity index (χ2n) is 12.5. The Bertz CT molecular complexity index is 2400. The SMILES string of the molecule is CC1(C)c2ccccc2-c2cc(N(c3ccc(-c4ccccc4)cc3)c3ccc4sc5c6ccccc6cnc5c4c3)ccc21. The van der Waals surface area contributed by atoms with E-state index >= 15 is 0 Å². The molecule has 3 heteroatoms.